The van der Waals surface area contributed by atoms with Gasteiger partial charge in [0.1, 0.15) is 18.0 Å². The Bertz CT molecular complexity index is 695. The smallest absolute Gasteiger partial charge is 0.407 e. The summed E-state index contributed by atoms with van der Waals surface area (Å²) in [7, 11) is 1.69. The second-order valence-corrected chi connectivity index (χ2v) is 7.27. The highest BCUT2D eigenvalue weighted by molar-refractivity contribution is 5.80. The second-order valence-electron chi connectivity index (χ2n) is 7.27. The van der Waals surface area contributed by atoms with Gasteiger partial charge in [-0.1, -0.05) is 0 Å². The zero-order chi connectivity index (χ0) is 20.0. The lowest BCUT2D eigenvalue weighted by atomic mass is 10.2. The van der Waals surface area contributed by atoms with Crippen molar-refractivity contribution in [1.82, 2.24) is 25.3 Å². The Hall–Kier alpha value is -2.85. The number of ether oxygens (including phenoxy) is 1. The Morgan fingerprint density at radius 3 is 2.85 bits per heavy atom. The van der Waals surface area contributed by atoms with Crippen LogP contribution < -0.4 is 10.6 Å². The molecule has 27 heavy (non-hydrogen) atoms. The molecule has 1 fully saturated rings. The largest absolute Gasteiger partial charge is 0.444 e. The summed E-state index contributed by atoms with van der Waals surface area (Å²) in [5.41, 5.74) is -0.559. The molecule has 11 nitrogen and oxygen atoms in total. The molecule has 0 aliphatic carbocycles. The summed E-state index contributed by atoms with van der Waals surface area (Å²) in [5, 5.41) is 20.7. The quantitative estimate of drug-likeness (QED) is 0.337. The molecule has 0 radical (unpaired) electrons. The maximum Gasteiger partial charge on any atom is 0.407 e. The molecular formula is C16H27N7O4. The van der Waals surface area contributed by atoms with Gasteiger partial charge >= 0.3 is 11.8 Å². The summed E-state index contributed by atoms with van der Waals surface area (Å²) in [5.74, 6) is 0.713. The zero-order valence-corrected chi connectivity index (χ0v) is 16.1. The van der Waals surface area contributed by atoms with Gasteiger partial charge in [-0.3, -0.25) is 19.8 Å². The molecule has 1 atom stereocenters. The van der Waals surface area contributed by atoms with Crippen LogP contribution >= 0.6 is 0 Å². The number of nitro groups is 1. The first-order valence-electron chi connectivity index (χ1n) is 8.80. The lowest BCUT2D eigenvalue weighted by Crippen LogP contribution is -2.44. The molecule has 150 valence electrons. The summed E-state index contributed by atoms with van der Waals surface area (Å²) in [6, 6.07) is -0.00725. The SMILES string of the molecule is CN=C(NCCn1cc([N+](=O)[O-])cn1)N1CC[C@@H](NC(=O)OC(C)(C)C)C1. The third kappa shape index (κ3) is 6.42. The number of alkyl carbamates (subject to hydrolysis) is 1. The van der Waals surface area contributed by atoms with E-state index < -0.39 is 16.6 Å². The van der Waals surface area contributed by atoms with Crippen molar-refractivity contribution < 1.29 is 14.5 Å². The van der Waals surface area contributed by atoms with Crippen molar-refractivity contribution in [3.8, 4) is 0 Å². The van der Waals surface area contributed by atoms with Gasteiger partial charge in [0.25, 0.3) is 0 Å². The molecule has 0 saturated carbocycles. The lowest BCUT2D eigenvalue weighted by Gasteiger charge is -2.23. The number of hydrogen-bond donors (Lipinski definition) is 2. The van der Waals surface area contributed by atoms with E-state index >= 15 is 0 Å². The molecule has 1 aliphatic heterocycles. The van der Waals surface area contributed by atoms with Crippen molar-refractivity contribution in [3.05, 3.63) is 22.5 Å². The van der Waals surface area contributed by atoms with Gasteiger partial charge in [-0.25, -0.2) is 4.79 Å². The third-order valence-electron chi connectivity index (χ3n) is 3.87. The van der Waals surface area contributed by atoms with Gasteiger partial charge in [0.05, 0.1) is 17.5 Å². The Labute approximate surface area is 157 Å². The van der Waals surface area contributed by atoms with Gasteiger partial charge in [0.15, 0.2) is 5.96 Å². The number of guanidine groups is 1. The molecule has 1 aromatic rings. The van der Waals surface area contributed by atoms with E-state index in [0.29, 0.717) is 25.6 Å². The molecule has 0 aromatic carbocycles. The fraction of sp³-hybridized carbons (Fsp3) is 0.688. The van der Waals surface area contributed by atoms with E-state index in [9.17, 15) is 14.9 Å². The molecule has 2 heterocycles. The van der Waals surface area contributed by atoms with Crippen LogP contribution in [0.15, 0.2) is 17.4 Å². The van der Waals surface area contributed by atoms with E-state index in [1.54, 1.807) is 7.05 Å². The van der Waals surface area contributed by atoms with Crippen molar-refractivity contribution in [2.75, 3.05) is 26.7 Å². The second kappa shape index (κ2) is 8.69. The summed E-state index contributed by atoms with van der Waals surface area (Å²) in [6.07, 6.45) is 2.99. The molecule has 0 bridgehead atoms. The van der Waals surface area contributed by atoms with Crippen LogP contribution in [0.4, 0.5) is 10.5 Å². The van der Waals surface area contributed by atoms with E-state index in [1.807, 2.05) is 25.7 Å². The lowest BCUT2D eigenvalue weighted by molar-refractivity contribution is -0.385. The van der Waals surface area contributed by atoms with E-state index in [2.05, 4.69) is 20.7 Å². The first kappa shape index (κ1) is 20.5. The van der Waals surface area contributed by atoms with Crippen LogP contribution in [0, 0.1) is 10.1 Å². The highest BCUT2D eigenvalue weighted by atomic mass is 16.6. The van der Waals surface area contributed by atoms with E-state index in [0.717, 1.165) is 13.0 Å². The van der Waals surface area contributed by atoms with Crippen molar-refractivity contribution >= 4 is 17.7 Å². The summed E-state index contributed by atoms with van der Waals surface area (Å²) >= 11 is 0. The fourth-order valence-electron chi connectivity index (χ4n) is 2.73. The molecule has 1 amide bonds. The topological polar surface area (TPSA) is 127 Å². The number of aliphatic imine (C=N–C) groups is 1. The van der Waals surface area contributed by atoms with Crippen LogP contribution in [0.25, 0.3) is 0 Å². The van der Waals surface area contributed by atoms with Gasteiger partial charge in [0.2, 0.25) is 0 Å². The summed E-state index contributed by atoms with van der Waals surface area (Å²) in [4.78, 5) is 28.4. The predicted octanol–water partition coefficient (Wildman–Crippen LogP) is 0.966. The predicted molar refractivity (Wildman–Crippen MR) is 99.6 cm³/mol. The van der Waals surface area contributed by atoms with Crippen LogP contribution in [-0.4, -0.2) is 70.0 Å². The first-order chi connectivity index (χ1) is 12.7. The van der Waals surface area contributed by atoms with Crippen molar-refractivity contribution in [1.29, 1.82) is 0 Å². The number of rotatable bonds is 5. The van der Waals surface area contributed by atoms with E-state index in [4.69, 9.17) is 4.74 Å². The number of carbonyl (C=O) groups excluding carboxylic acids is 1. The van der Waals surface area contributed by atoms with Gasteiger partial charge in [0, 0.05) is 26.7 Å². The van der Waals surface area contributed by atoms with Crippen molar-refractivity contribution in [3.63, 3.8) is 0 Å². The minimum Gasteiger partial charge on any atom is -0.444 e. The molecule has 11 heteroatoms. The molecule has 2 rings (SSSR count). The molecule has 1 aliphatic rings. The average Bonchev–Trinajstić information content (AvgIpc) is 3.19. The number of amides is 1. The molecule has 2 N–H and O–H groups in total. The third-order valence-corrected chi connectivity index (χ3v) is 3.87. The first-order valence-corrected chi connectivity index (χ1v) is 8.80. The monoisotopic (exact) mass is 381 g/mol. The molecular weight excluding hydrogens is 354 g/mol. The minimum atomic E-state index is -0.526. The number of aromatic nitrogens is 2. The standard InChI is InChI=1S/C16H27N7O4/c1-16(2,3)27-15(24)20-12-5-7-21(10-12)14(17-4)18-6-8-22-11-13(9-19-22)23(25)26/h9,11-12H,5-8,10H2,1-4H3,(H,17,18)(H,20,24)/t12-/m1/s1. The Morgan fingerprint density at radius 1 is 1.52 bits per heavy atom. The van der Waals surface area contributed by atoms with Crippen LogP contribution in [-0.2, 0) is 11.3 Å². The van der Waals surface area contributed by atoms with Gasteiger partial charge in [-0.15, -0.1) is 0 Å². The average molecular weight is 381 g/mol. The maximum absolute atomic E-state index is 11.9. The van der Waals surface area contributed by atoms with Gasteiger partial charge in [-0.05, 0) is 27.2 Å². The summed E-state index contributed by atoms with van der Waals surface area (Å²) in [6.45, 7) is 7.86. The minimum absolute atomic E-state index is 0.00725. The van der Waals surface area contributed by atoms with Crippen LogP contribution in [0.2, 0.25) is 0 Å². The maximum atomic E-state index is 11.9. The van der Waals surface area contributed by atoms with Gasteiger partial charge < -0.3 is 20.3 Å². The Kier molecular flexibility index (Phi) is 6.59. The normalized spacial score (nSPS) is 17.7. The highest BCUT2D eigenvalue weighted by Crippen LogP contribution is 2.12. The number of likely N-dealkylation sites (tertiary alicyclic amines) is 1. The highest BCUT2D eigenvalue weighted by Gasteiger charge is 2.27. The number of nitrogens with one attached hydrogen (secondary N) is 2. The van der Waals surface area contributed by atoms with E-state index in [1.165, 1.54) is 17.1 Å². The molecule has 1 aromatic heterocycles. The Balaban J connectivity index is 1.77. The number of carbonyl (C=O) groups is 1. The van der Waals surface area contributed by atoms with Gasteiger partial charge in [-0.2, -0.15) is 5.10 Å². The zero-order valence-electron chi connectivity index (χ0n) is 16.1. The number of nitrogens with zero attached hydrogens (tertiary/aromatic N) is 5. The molecule has 0 spiro atoms. The Morgan fingerprint density at radius 2 is 2.26 bits per heavy atom. The van der Waals surface area contributed by atoms with E-state index in [-0.39, 0.29) is 11.7 Å². The van der Waals surface area contributed by atoms with Crippen LogP contribution in [0.3, 0.4) is 0 Å². The number of hydrogen-bond acceptors (Lipinski definition) is 6. The van der Waals surface area contributed by atoms with Crippen LogP contribution in [0.1, 0.15) is 27.2 Å². The summed E-state index contributed by atoms with van der Waals surface area (Å²) < 4.78 is 6.79. The van der Waals surface area contributed by atoms with Crippen LogP contribution in [0.5, 0.6) is 0 Å². The van der Waals surface area contributed by atoms with Crippen molar-refractivity contribution in [2.45, 2.75) is 45.4 Å². The van der Waals surface area contributed by atoms with Crippen molar-refractivity contribution in [2.24, 2.45) is 4.99 Å². The molecule has 0 unspecified atom stereocenters. The fourth-order valence-corrected chi connectivity index (χ4v) is 2.73. The molecule has 1 saturated heterocycles.